The smallest absolute Gasteiger partial charge is 0.408 e. The zero-order chi connectivity index (χ0) is 30.1. The van der Waals surface area contributed by atoms with Crippen LogP contribution in [0.5, 0.6) is 11.5 Å². The van der Waals surface area contributed by atoms with Gasteiger partial charge in [-0.15, -0.1) is 0 Å². The molecule has 1 amide bonds. The van der Waals surface area contributed by atoms with Gasteiger partial charge in [0.15, 0.2) is 17.3 Å². The number of ketones is 1. The molecule has 226 valence electrons. The van der Waals surface area contributed by atoms with E-state index in [0.29, 0.717) is 55.1 Å². The molecule has 2 N–H and O–H groups in total. The summed E-state index contributed by atoms with van der Waals surface area (Å²) < 4.78 is 28.7. The zero-order valence-electron chi connectivity index (χ0n) is 24.5. The highest BCUT2D eigenvalue weighted by Crippen LogP contribution is 2.39. The van der Waals surface area contributed by atoms with E-state index in [1.807, 2.05) is 36.4 Å². The van der Waals surface area contributed by atoms with Crippen LogP contribution in [0.25, 0.3) is 16.5 Å². The number of alkyl carbamates (subject to hydrolysis) is 1. The van der Waals surface area contributed by atoms with E-state index in [2.05, 4.69) is 10.3 Å². The van der Waals surface area contributed by atoms with Gasteiger partial charge in [-0.2, -0.15) is 0 Å². The SMILES string of the molecule is CC(C)(C)OC(=O)NC(Cc1cc2ccccc2[nH]1)C(=O)OC1CCC2C(=O)C(c3ccc4c(c3)OCCO4)=COC2C1. The van der Waals surface area contributed by atoms with E-state index in [4.69, 9.17) is 23.7 Å². The van der Waals surface area contributed by atoms with Crippen LogP contribution >= 0.6 is 0 Å². The van der Waals surface area contributed by atoms with Crippen LogP contribution in [0.2, 0.25) is 0 Å². The van der Waals surface area contributed by atoms with Crippen LogP contribution < -0.4 is 14.8 Å². The quantitative estimate of drug-likeness (QED) is 0.382. The summed E-state index contributed by atoms with van der Waals surface area (Å²) in [6.45, 7) is 6.23. The molecule has 0 saturated heterocycles. The zero-order valence-corrected chi connectivity index (χ0v) is 24.5. The molecule has 10 heteroatoms. The third-order valence-corrected chi connectivity index (χ3v) is 7.83. The first kappa shape index (κ1) is 28.6. The standard InChI is InChI=1S/C33H36N2O8/c1-33(2,3)43-32(38)35-26(16-21-14-20-6-4-5-7-25(20)34-21)31(37)42-22-9-10-23-28(17-22)41-18-24(30(23)36)19-8-11-27-29(15-19)40-13-12-39-27/h4-8,11,14-15,18,22-23,26,28,34H,9-10,12-13,16-17H2,1-3H3,(H,35,38). The van der Waals surface area contributed by atoms with Crippen LogP contribution in [0.1, 0.15) is 51.3 Å². The van der Waals surface area contributed by atoms with Crippen LogP contribution in [0.4, 0.5) is 4.79 Å². The summed E-state index contributed by atoms with van der Waals surface area (Å²) in [5.41, 5.74) is 2.20. The molecular weight excluding hydrogens is 552 g/mol. The van der Waals surface area contributed by atoms with Gasteiger partial charge in [-0.3, -0.25) is 4.79 Å². The maximum Gasteiger partial charge on any atom is 0.408 e. The molecule has 0 spiro atoms. The maximum atomic E-state index is 13.5. The highest BCUT2D eigenvalue weighted by atomic mass is 16.6. The second-order valence-electron chi connectivity index (χ2n) is 12.2. The topological polar surface area (TPSA) is 125 Å². The Morgan fingerprint density at radius 3 is 2.63 bits per heavy atom. The molecule has 2 aliphatic heterocycles. The number of aromatic amines is 1. The minimum atomic E-state index is -0.976. The van der Waals surface area contributed by atoms with Gasteiger partial charge in [0.25, 0.3) is 0 Å². The lowest BCUT2D eigenvalue weighted by Gasteiger charge is -2.37. The van der Waals surface area contributed by atoms with Crippen molar-refractivity contribution in [1.82, 2.24) is 10.3 Å². The Bertz CT molecular complexity index is 1540. The molecule has 2 aromatic carbocycles. The largest absolute Gasteiger partial charge is 0.496 e. The highest BCUT2D eigenvalue weighted by molar-refractivity contribution is 6.22. The number of rotatable bonds is 6. The van der Waals surface area contributed by atoms with Gasteiger partial charge in [-0.1, -0.05) is 24.3 Å². The fourth-order valence-corrected chi connectivity index (χ4v) is 5.84. The van der Waals surface area contributed by atoms with Gasteiger partial charge in [0, 0.05) is 24.1 Å². The number of fused-ring (bicyclic) bond motifs is 3. The number of nitrogens with one attached hydrogen (secondary N) is 2. The molecule has 3 aromatic rings. The average Bonchev–Trinajstić information content (AvgIpc) is 3.38. The van der Waals surface area contributed by atoms with Crippen LogP contribution in [-0.4, -0.2) is 59.9 Å². The number of carbonyl (C=O) groups excluding carboxylic acids is 3. The number of Topliss-reactive ketones (excluding diaryl/α,β-unsaturated/α-hetero) is 1. The number of hydrogen-bond acceptors (Lipinski definition) is 8. The number of hydrogen-bond donors (Lipinski definition) is 2. The third-order valence-electron chi connectivity index (χ3n) is 7.83. The van der Waals surface area contributed by atoms with Crippen molar-refractivity contribution in [3.05, 3.63) is 66.1 Å². The number of benzene rings is 2. The van der Waals surface area contributed by atoms with Gasteiger partial charge in [0.2, 0.25) is 0 Å². The second-order valence-corrected chi connectivity index (χ2v) is 12.2. The molecule has 6 rings (SSSR count). The molecule has 1 aromatic heterocycles. The maximum absolute atomic E-state index is 13.5. The van der Waals surface area contributed by atoms with E-state index in [9.17, 15) is 14.4 Å². The molecule has 4 atom stereocenters. The number of para-hydroxylation sites is 1. The molecule has 0 radical (unpaired) electrons. The molecule has 4 unspecified atom stereocenters. The Balaban J connectivity index is 1.13. The first-order valence-electron chi connectivity index (χ1n) is 14.7. The summed E-state index contributed by atoms with van der Waals surface area (Å²) in [4.78, 5) is 42.9. The van der Waals surface area contributed by atoms with Crippen molar-refractivity contribution in [2.24, 2.45) is 5.92 Å². The monoisotopic (exact) mass is 588 g/mol. The Hall–Kier alpha value is -4.47. The molecule has 1 aliphatic carbocycles. The number of esters is 1. The van der Waals surface area contributed by atoms with E-state index < -0.39 is 35.9 Å². The Labute approximate surface area is 249 Å². The van der Waals surface area contributed by atoms with Crippen LogP contribution in [0.15, 0.2) is 54.8 Å². The number of H-pyrrole nitrogens is 1. The molecule has 3 heterocycles. The lowest BCUT2D eigenvalue weighted by atomic mass is 9.78. The summed E-state index contributed by atoms with van der Waals surface area (Å²) in [6.07, 6.45) is 1.51. The van der Waals surface area contributed by atoms with E-state index in [1.54, 1.807) is 32.9 Å². The normalized spacial score (nSPS) is 22.1. The van der Waals surface area contributed by atoms with E-state index in [1.165, 1.54) is 6.26 Å². The van der Waals surface area contributed by atoms with Gasteiger partial charge in [-0.05, 0) is 68.8 Å². The fourth-order valence-electron chi connectivity index (χ4n) is 5.84. The number of amides is 1. The summed E-state index contributed by atoms with van der Waals surface area (Å²) in [7, 11) is 0. The summed E-state index contributed by atoms with van der Waals surface area (Å²) >= 11 is 0. The van der Waals surface area contributed by atoms with Crippen molar-refractivity contribution >= 4 is 34.3 Å². The molecule has 10 nitrogen and oxygen atoms in total. The van der Waals surface area contributed by atoms with Gasteiger partial charge in [0.05, 0.1) is 17.8 Å². The van der Waals surface area contributed by atoms with E-state index in [0.717, 1.165) is 16.6 Å². The third kappa shape index (κ3) is 6.48. The number of allylic oxidation sites excluding steroid dienone is 1. The Morgan fingerprint density at radius 2 is 1.84 bits per heavy atom. The molecule has 43 heavy (non-hydrogen) atoms. The van der Waals surface area contributed by atoms with Crippen LogP contribution in [0, 0.1) is 5.92 Å². The first-order valence-corrected chi connectivity index (χ1v) is 14.7. The molecule has 1 saturated carbocycles. The number of carbonyl (C=O) groups is 3. The highest BCUT2D eigenvalue weighted by Gasteiger charge is 2.42. The Kier molecular flexibility index (Phi) is 7.77. The van der Waals surface area contributed by atoms with E-state index in [-0.39, 0.29) is 18.1 Å². The first-order chi connectivity index (χ1) is 20.6. The summed E-state index contributed by atoms with van der Waals surface area (Å²) in [5, 5.41) is 3.70. The minimum absolute atomic E-state index is 0.000911. The van der Waals surface area contributed by atoms with Crippen molar-refractivity contribution in [1.29, 1.82) is 0 Å². The molecule has 0 bridgehead atoms. The lowest BCUT2D eigenvalue weighted by Crippen LogP contribution is -2.48. The van der Waals surface area contributed by atoms with Gasteiger partial charge in [0.1, 0.15) is 37.1 Å². The van der Waals surface area contributed by atoms with Crippen LogP contribution in [0.3, 0.4) is 0 Å². The summed E-state index contributed by atoms with van der Waals surface area (Å²) in [6, 6.07) is 14.2. The average molecular weight is 589 g/mol. The predicted molar refractivity (Wildman–Crippen MR) is 158 cm³/mol. The molecule has 1 fully saturated rings. The number of aromatic nitrogens is 1. The van der Waals surface area contributed by atoms with Gasteiger partial charge in [-0.25, -0.2) is 9.59 Å². The van der Waals surface area contributed by atoms with Crippen LogP contribution in [-0.2, 0) is 30.2 Å². The van der Waals surface area contributed by atoms with Gasteiger partial charge < -0.3 is 34.0 Å². The van der Waals surface area contributed by atoms with Gasteiger partial charge >= 0.3 is 12.1 Å². The second kappa shape index (κ2) is 11.7. The Morgan fingerprint density at radius 1 is 1.05 bits per heavy atom. The molecular formula is C33H36N2O8. The van der Waals surface area contributed by atoms with Crippen molar-refractivity contribution in [3.63, 3.8) is 0 Å². The van der Waals surface area contributed by atoms with E-state index >= 15 is 0 Å². The summed E-state index contributed by atoms with van der Waals surface area (Å²) in [5.74, 6) is 0.356. The molecule has 3 aliphatic rings. The van der Waals surface area contributed by atoms with Crippen molar-refractivity contribution < 1.29 is 38.1 Å². The minimum Gasteiger partial charge on any atom is -0.496 e. The van der Waals surface area contributed by atoms with Crippen molar-refractivity contribution in [3.8, 4) is 11.5 Å². The van der Waals surface area contributed by atoms with Crippen molar-refractivity contribution in [2.45, 2.75) is 70.3 Å². The van der Waals surface area contributed by atoms with Crippen molar-refractivity contribution in [2.75, 3.05) is 13.2 Å². The fraction of sp³-hybridized carbons (Fsp3) is 0.424. The number of ether oxygens (including phenoxy) is 5. The lowest BCUT2D eigenvalue weighted by molar-refractivity contribution is -0.157. The predicted octanol–water partition coefficient (Wildman–Crippen LogP) is 5.10.